The molecular weight excluding hydrogens is 412 g/mol. The van der Waals surface area contributed by atoms with Crippen molar-refractivity contribution in [2.75, 3.05) is 38.3 Å². The van der Waals surface area contributed by atoms with Crippen LogP contribution in [0.5, 0.6) is 5.75 Å². The number of ether oxygens (including phenoxy) is 3. The highest BCUT2D eigenvalue weighted by Gasteiger charge is 2.67. The summed E-state index contributed by atoms with van der Waals surface area (Å²) in [4.78, 5) is 42.5. The summed E-state index contributed by atoms with van der Waals surface area (Å²) in [6, 6.07) is 7.33. The first kappa shape index (κ1) is 21.0. The van der Waals surface area contributed by atoms with Gasteiger partial charge in [0.05, 0.1) is 44.1 Å². The average molecular weight is 440 g/mol. The number of rotatable bonds is 5. The number of esters is 1. The Bertz CT molecular complexity index is 952. The summed E-state index contributed by atoms with van der Waals surface area (Å²) in [5.74, 6) is -0.842. The van der Waals surface area contributed by atoms with Gasteiger partial charge < -0.3 is 24.0 Å². The number of carbonyl (C=O) groups is 3. The third-order valence-electron chi connectivity index (χ3n) is 7.20. The van der Waals surface area contributed by atoms with E-state index in [9.17, 15) is 14.4 Å². The summed E-state index contributed by atoms with van der Waals surface area (Å²) < 4.78 is 16.6. The van der Waals surface area contributed by atoms with Gasteiger partial charge in [0, 0.05) is 18.8 Å². The molecule has 4 aliphatic heterocycles. The van der Waals surface area contributed by atoms with Gasteiger partial charge in [0.1, 0.15) is 11.4 Å². The van der Waals surface area contributed by atoms with Gasteiger partial charge in [-0.25, -0.2) is 0 Å². The molecule has 4 aliphatic rings. The number of piperidine rings is 1. The second-order valence-electron chi connectivity index (χ2n) is 8.87. The monoisotopic (exact) mass is 440 g/mol. The Kier molecular flexibility index (Phi) is 5.20. The van der Waals surface area contributed by atoms with E-state index in [2.05, 4.69) is 0 Å². The summed E-state index contributed by atoms with van der Waals surface area (Å²) in [7, 11) is 1.60. The first-order valence-corrected chi connectivity index (χ1v) is 11.3. The number of carbonyl (C=O) groups excluding carboxylic acids is 3. The van der Waals surface area contributed by atoms with E-state index >= 15 is 0 Å². The Morgan fingerprint density at radius 2 is 1.91 bits per heavy atom. The molecule has 0 saturated carbocycles. The minimum absolute atomic E-state index is 0.0570. The molecule has 4 atom stereocenters. The third-order valence-corrected chi connectivity index (χ3v) is 7.20. The summed E-state index contributed by atoms with van der Waals surface area (Å²) >= 11 is 0. The van der Waals surface area contributed by atoms with Crippen molar-refractivity contribution in [1.82, 2.24) is 4.90 Å². The van der Waals surface area contributed by atoms with Crippen LogP contribution < -0.4 is 9.64 Å². The Morgan fingerprint density at radius 3 is 2.56 bits per heavy atom. The molecule has 2 bridgehead atoms. The quantitative estimate of drug-likeness (QED) is 0.513. The van der Waals surface area contributed by atoms with E-state index in [4.69, 9.17) is 14.2 Å². The number of hydrogen-bond acceptors (Lipinski definition) is 6. The zero-order valence-electron chi connectivity index (χ0n) is 18.4. The van der Waals surface area contributed by atoms with Gasteiger partial charge in [-0.15, -0.1) is 0 Å². The molecule has 3 saturated heterocycles. The van der Waals surface area contributed by atoms with E-state index < -0.39 is 17.4 Å². The van der Waals surface area contributed by atoms with Crippen molar-refractivity contribution < 1.29 is 28.6 Å². The number of nitrogens with zero attached hydrogens (tertiary/aromatic N) is 2. The molecule has 0 aliphatic carbocycles. The molecule has 4 heterocycles. The molecule has 2 amide bonds. The number of methoxy groups -OCH3 is 1. The van der Waals surface area contributed by atoms with Crippen LogP contribution in [0.25, 0.3) is 0 Å². The van der Waals surface area contributed by atoms with E-state index in [1.807, 2.05) is 36.4 Å². The molecule has 8 nitrogen and oxygen atoms in total. The normalized spacial score (nSPS) is 31.2. The minimum Gasteiger partial charge on any atom is -0.497 e. The van der Waals surface area contributed by atoms with Crippen molar-refractivity contribution in [2.24, 2.45) is 17.8 Å². The highest BCUT2D eigenvalue weighted by molar-refractivity contribution is 6.03. The predicted molar refractivity (Wildman–Crippen MR) is 115 cm³/mol. The first-order valence-electron chi connectivity index (χ1n) is 11.3. The molecule has 0 radical (unpaired) electrons. The number of likely N-dealkylation sites (tertiary alicyclic amines) is 1. The molecular formula is C24H28N2O6. The van der Waals surface area contributed by atoms with Gasteiger partial charge >= 0.3 is 5.97 Å². The van der Waals surface area contributed by atoms with Crippen LogP contribution >= 0.6 is 0 Å². The smallest absolute Gasteiger partial charge is 0.309 e. The van der Waals surface area contributed by atoms with Crippen molar-refractivity contribution in [1.29, 1.82) is 0 Å². The highest BCUT2D eigenvalue weighted by Crippen LogP contribution is 2.53. The molecule has 0 N–H and O–H groups in total. The second kappa shape index (κ2) is 7.92. The van der Waals surface area contributed by atoms with E-state index in [1.165, 1.54) is 0 Å². The Balaban J connectivity index is 1.32. The lowest BCUT2D eigenvalue weighted by Crippen LogP contribution is -2.49. The number of amides is 2. The maximum Gasteiger partial charge on any atom is 0.309 e. The van der Waals surface area contributed by atoms with E-state index in [-0.39, 0.29) is 29.8 Å². The SMILES string of the molecule is CCOC(=O)C1CCN(C(=O)[C@@H]2[C@H]3C(=O)N(c4ccc(OC)cc4)C[C@]34C=C[C@H]2O4)CC1. The molecule has 5 rings (SSSR count). The van der Waals surface area contributed by atoms with Crippen LogP contribution in [0, 0.1) is 17.8 Å². The fraction of sp³-hybridized carbons (Fsp3) is 0.542. The van der Waals surface area contributed by atoms with Crippen LogP contribution in [0.4, 0.5) is 5.69 Å². The number of fused-ring (bicyclic) bond motifs is 1. The summed E-state index contributed by atoms with van der Waals surface area (Å²) in [5, 5.41) is 0. The van der Waals surface area contributed by atoms with Crippen molar-refractivity contribution in [3.8, 4) is 5.75 Å². The van der Waals surface area contributed by atoms with Crippen LogP contribution in [0.15, 0.2) is 36.4 Å². The fourth-order valence-electron chi connectivity index (χ4n) is 5.57. The summed E-state index contributed by atoms with van der Waals surface area (Å²) in [6.45, 7) is 3.53. The predicted octanol–water partition coefficient (Wildman–Crippen LogP) is 1.78. The zero-order valence-corrected chi connectivity index (χ0v) is 18.4. The van der Waals surface area contributed by atoms with Gasteiger partial charge in [0.25, 0.3) is 0 Å². The molecule has 3 fully saturated rings. The van der Waals surface area contributed by atoms with Gasteiger partial charge in [0.15, 0.2) is 0 Å². The zero-order chi connectivity index (χ0) is 22.5. The largest absolute Gasteiger partial charge is 0.497 e. The molecule has 0 unspecified atom stereocenters. The summed E-state index contributed by atoms with van der Waals surface area (Å²) in [6.07, 6.45) is 4.67. The Labute approximate surface area is 187 Å². The standard InChI is InChI=1S/C24H28N2O6/c1-3-31-23(29)15-9-12-25(13-10-15)21(27)19-18-8-11-24(32-18)14-26(22(28)20(19)24)16-4-6-17(30-2)7-5-16/h4-8,11,15,18-20H,3,9-10,12-14H2,1-2H3/t18-,19+,20+,24-/m1/s1. The molecule has 1 spiro atoms. The second-order valence-corrected chi connectivity index (χ2v) is 8.87. The maximum atomic E-state index is 13.5. The lowest BCUT2D eigenvalue weighted by molar-refractivity contribution is -0.152. The van der Waals surface area contributed by atoms with Crippen molar-refractivity contribution in [3.63, 3.8) is 0 Å². The van der Waals surface area contributed by atoms with Crippen molar-refractivity contribution in [2.45, 2.75) is 31.5 Å². The molecule has 1 aromatic carbocycles. The Morgan fingerprint density at radius 1 is 1.19 bits per heavy atom. The first-order chi connectivity index (χ1) is 15.5. The molecule has 8 heteroatoms. The van der Waals surface area contributed by atoms with Gasteiger partial charge in [-0.3, -0.25) is 14.4 Å². The van der Waals surface area contributed by atoms with Crippen LogP contribution in [-0.4, -0.2) is 67.7 Å². The Hall–Kier alpha value is -2.87. The maximum absolute atomic E-state index is 13.5. The van der Waals surface area contributed by atoms with E-state index in [0.717, 1.165) is 11.4 Å². The van der Waals surface area contributed by atoms with Crippen molar-refractivity contribution in [3.05, 3.63) is 36.4 Å². The van der Waals surface area contributed by atoms with Gasteiger partial charge in [0.2, 0.25) is 11.8 Å². The van der Waals surface area contributed by atoms with Gasteiger partial charge in [-0.1, -0.05) is 12.2 Å². The van der Waals surface area contributed by atoms with Crippen LogP contribution in [0.2, 0.25) is 0 Å². The lowest BCUT2D eigenvalue weighted by atomic mass is 9.76. The summed E-state index contributed by atoms with van der Waals surface area (Å²) in [5.41, 5.74) is 0.00658. The van der Waals surface area contributed by atoms with Crippen LogP contribution in [-0.2, 0) is 23.9 Å². The lowest BCUT2D eigenvalue weighted by Gasteiger charge is -2.34. The highest BCUT2D eigenvalue weighted by atomic mass is 16.5. The number of benzene rings is 1. The molecule has 32 heavy (non-hydrogen) atoms. The van der Waals surface area contributed by atoms with Gasteiger partial charge in [-0.2, -0.15) is 0 Å². The van der Waals surface area contributed by atoms with Crippen LogP contribution in [0.3, 0.4) is 0 Å². The fourth-order valence-corrected chi connectivity index (χ4v) is 5.57. The van der Waals surface area contributed by atoms with E-state index in [0.29, 0.717) is 39.1 Å². The topological polar surface area (TPSA) is 85.4 Å². The van der Waals surface area contributed by atoms with Crippen LogP contribution in [0.1, 0.15) is 19.8 Å². The molecule has 1 aromatic rings. The third kappa shape index (κ3) is 3.20. The minimum atomic E-state index is -0.759. The average Bonchev–Trinajstić information content (AvgIpc) is 3.47. The number of anilines is 1. The molecule has 170 valence electrons. The van der Waals surface area contributed by atoms with Gasteiger partial charge in [-0.05, 0) is 44.0 Å². The number of hydrogen-bond donors (Lipinski definition) is 0. The van der Waals surface area contributed by atoms with Crippen molar-refractivity contribution >= 4 is 23.5 Å². The van der Waals surface area contributed by atoms with E-state index in [1.54, 1.807) is 23.8 Å². The molecule has 0 aromatic heterocycles.